The Morgan fingerprint density at radius 3 is 2.79 bits per heavy atom. The number of amides is 3. The van der Waals surface area contributed by atoms with Gasteiger partial charge in [0.15, 0.2) is 0 Å². The lowest BCUT2D eigenvalue weighted by molar-refractivity contribution is 0.222. The lowest BCUT2D eigenvalue weighted by Gasteiger charge is -2.12. The van der Waals surface area contributed by atoms with Gasteiger partial charge in [0.1, 0.15) is 0 Å². The van der Waals surface area contributed by atoms with Gasteiger partial charge < -0.3 is 5.32 Å². The Morgan fingerprint density at radius 1 is 1.57 bits per heavy atom. The first-order valence-electron chi connectivity index (χ1n) is 4.80. The van der Waals surface area contributed by atoms with Crippen LogP contribution in [0.2, 0.25) is 0 Å². The van der Waals surface area contributed by atoms with Gasteiger partial charge in [0.2, 0.25) is 0 Å². The minimum absolute atomic E-state index is 0.198. The summed E-state index contributed by atoms with van der Waals surface area (Å²) in [6.07, 6.45) is 6.14. The van der Waals surface area contributed by atoms with Crippen LogP contribution in [0, 0.1) is 0 Å². The van der Waals surface area contributed by atoms with Crippen molar-refractivity contribution >= 4 is 12.4 Å². The summed E-state index contributed by atoms with van der Waals surface area (Å²) < 4.78 is 0. The van der Waals surface area contributed by atoms with Crippen molar-refractivity contribution in [1.29, 1.82) is 0 Å². The highest BCUT2D eigenvalue weighted by atomic mass is 16.2. The molecule has 4 heteroatoms. The molecule has 14 heavy (non-hydrogen) atoms. The average molecular weight is 197 g/mol. The zero-order chi connectivity index (χ0) is 10.8. The van der Waals surface area contributed by atoms with E-state index in [1.165, 1.54) is 6.08 Å². The normalized spacial score (nSPS) is 9.21. The molecule has 0 saturated heterocycles. The molecule has 0 fully saturated rings. The summed E-state index contributed by atoms with van der Waals surface area (Å²) in [5.74, 6) is 0. The number of carbonyl (C=O) groups is 1. The lowest BCUT2D eigenvalue weighted by atomic mass is 10.2. The first-order chi connectivity index (χ1) is 6.76. The van der Waals surface area contributed by atoms with Gasteiger partial charge in [0, 0.05) is 13.1 Å². The van der Waals surface area contributed by atoms with Gasteiger partial charge in [-0.1, -0.05) is 25.8 Å². The molecular formula is C10H17N2O2. The first kappa shape index (κ1) is 12.7. The van der Waals surface area contributed by atoms with Gasteiger partial charge in [-0.25, -0.2) is 4.79 Å². The van der Waals surface area contributed by atoms with Crippen LogP contribution in [0.1, 0.15) is 26.2 Å². The summed E-state index contributed by atoms with van der Waals surface area (Å²) in [6.45, 7) is 6.33. The molecule has 1 radical (unpaired) electrons. The van der Waals surface area contributed by atoms with Crippen LogP contribution < -0.4 is 5.32 Å². The van der Waals surface area contributed by atoms with Gasteiger partial charge in [-0.2, -0.15) is 0 Å². The van der Waals surface area contributed by atoms with Crippen LogP contribution in [0.5, 0.6) is 0 Å². The third kappa shape index (κ3) is 5.35. The number of hydrogen-bond donors (Lipinski definition) is 1. The van der Waals surface area contributed by atoms with E-state index in [9.17, 15) is 9.59 Å². The van der Waals surface area contributed by atoms with Gasteiger partial charge in [-0.05, 0) is 6.42 Å². The highest BCUT2D eigenvalue weighted by molar-refractivity contribution is 5.84. The molecule has 0 aliphatic heterocycles. The maximum Gasteiger partial charge on any atom is 0.324 e. The minimum atomic E-state index is -0.406. The van der Waals surface area contributed by atoms with Gasteiger partial charge in [-0.15, -0.1) is 6.58 Å². The molecule has 0 aromatic carbocycles. The predicted octanol–water partition coefficient (Wildman–Crippen LogP) is 1.44. The van der Waals surface area contributed by atoms with E-state index in [2.05, 4.69) is 18.8 Å². The monoisotopic (exact) mass is 197 g/mol. The predicted molar refractivity (Wildman–Crippen MR) is 55.5 cm³/mol. The average Bonchev–Trinajstić information content (AvgIpc) is 2.20. The molecule has 1 N–H and O–H groups in total. The number of nitrogens with zero attached hydrogens (tertiary/aromatic N) is 1. The van der Waals surface area contributed by atoms with E-state index >= 15 is 0 Å². The molecule has 0 aromatic heterocycles. The second-order valence-corrected chi connectivity index (χ2v) is 2.93. The molecule has 0 heterocycles. The molecule has 3 amide bonds. The third-order valence-corrected chi connectivity index (χ3v) is 1.72. The highest BCUT2D eigenvalue weighted by Crippen LogP contribution is 1.92. The Kier molecular flexibility index (Phi) is 7.50. The SMILES string of the molecule is C=CCN([C]=O)C(=O)NCCCCC. The number of carbonyl (C=O) groups excluding carboxylic acids is 2. The molecule has 0 rings (SSSR count). The molecule has 0 atom stereocenters. The summed E-state index contributed by atoms with van der Waals surface area (Å²) in [5, 5.41) is 2.63. The van der Waals surface area contributed by atoms with E-state index < -0.39 is 6.03 Å². The van der Waals surface area contributed by atoms with E-state index in [4.69, 9.17) is 0 Å². The second kappa shape index (κ2) is 8.29. The van der Waals surface area contributed by atoms with Crippen molar-refractivity contribution in [3.63, 3.8) is 0 Å². The number of imide groups is 1. The van der Waals surface area contributed by atoms with E-state index in [1.807, 2.05) is 0 Å². The van der Waals surface area contributed by atoms with Crippen molar-refractivity contribution < 1.29 is 9.59 Å². The summed E-state index contributed by atoms with van der Waals surface area (Å²) in [4.78, 5) is 22.5. The fourth-order valence-electron chi connectivity index (χ4n) is 0.956. The number of unbranched alkanes of at least 4 members (excludes halogenated alkanes) is 2. The van der Waals surface area contributed by atoms with Crippen molar-refractivity contribution in [3.8, 4) is 0 Å². The number of nitrogens with one attached hydrogen (secondary N) is 1. The Hall–Kier alpha value is -1.32. The van der Waals surface area contributed by atoms with Crippen LogP contribution in [0.25, 0.3) is 0 Å². The van der Waals surface area contributed by atoms with E-state index in [-0.39, 0.29) is 6.54 Å². The standard InChI is InChI=1S/C10H17N2O2/c1-3-5-6-7-11-10(14)12(9-13)8-4-2/h4H,2-3,5-8H2,1H3,(H,11,14). The molecular weight excluding hydrogens is 180 g/mol. The largest absolute Gasteiger partial charge is 0.338 e. The van der Waals surface area contributed by atoms with Crippen molar-refractivity contribution in [2.24, 2.45) is 0 Å². The molecule has 0 aromatic rings. The van der Waals surface area contributed by atoms with Crippen molar-refractivity contribution in [2.45, 2.75) is 26.2 Å². The fourth-order valence-corrected chi connectivity index (χ4v) is 0.956. The van der Waals surface area contributed by atoms with Crippen LogP contribution in [-0.4, -0.2) is 30.4 Å². The Labute approximate surface area is 85.0 Å². The van der Waals surface area contributed by atoms with Crippen LogP contribution in [0.4, 0.5) is 4.79 Å². The van der Waals surface area contributed by atoms with Gasteiger partial charge in [0.25, 0.3) is 0 Å². The van der Waals surface area contributed by atoms with Crippen molar-refractivity contribution in [2.75, 3.05) is 13.1 Å². The summed E-state index contributed by atoms with van der Waals surface area (Å²) in [7, 11) is 0. The van der Waals surface area contributed by atoms with E-state index in [0.29, 0.717) is 6.54 Å². The van der Waals surface area contributed by atoms with Crippen LogP contribution in [-0.2, 0) is 4.79 Å². The third-order valence-electron chi connectivity index (χ3n) is 1.72. The second-order valence-electron chi connectivity index (χ2n) is 2.93. The van der Waals surface area contributed by atoms with Crippen LogP contribution in [0.15, 0.2) is 12.7 Å². The summed E-state index contributed by atoms with van der Waals surface area (Å²) in [6, 6.07) is -0.406. The molecule has 0 aliphatic rings. The molecule has 0 saturated carbocycles. The Bertz CT molecular complexity index is 193. The molecule has 0 aliphatic carbocycles. The lowest BCUT2D eigenvalue weighted by Crippen LogP contribution is -2.39. The summed E-state index contributed by atoms with van der Waals surface area (Å²) in [5.41, 5.74) is 0. The Morgan fingerprint density at radius 2 is 2.29 bits per heavy atom. The van der Waals surface area contributed by atoms with E-state index in [1.54, 1.807) is 6.41 Å². The fraction of sp³-hybridized carbons (Fsp3) is 0.600. The van der Waals surface area contributed by atoms with Gasteiger partial charge >= 0.3 is 12.4 Å². The van der Waals surface area contributed by atoms with E-state index in [0.717, 1.165) is 24.2 Å². The van der Waals surface area contributed by atoms with Crippen LogP contribution in [0.3, 0.4) is 0 Å². The molecule has 0 unspecified atom stereocenters. The topological polar surface area (TPSA) is 49.4 Å². The van der Waals surface area contributed by atoms with Crippen molar-refractivity contribution in [3.05, 3.63) is 12.7 Å². The Balaban J connectivity index is 3.69. The maximum absolute atomic E-state index is 11.2. The number of urea groups is 1. The van der Waals surface area contributed by atoms with Crippen molar-refractivity contribution in [1.82, 2.24) is 10.2 Å². The zero-order valence-corrected chi connectivity index (χ0v) is 8.58. The molecule has 0 spiro atoms. The molecule has 0 bridgehead atoms. The minimum Gasteiger partial charge on any atom is -0.338 e. The quantitative estimate of drug-likeness (QED) is 0.381. The van der Waals surface area contributed by atoms with Gasteiger partial charge in [-0.3, -0.25) is 9.69 Å². The van der Waals surface area contributed by atoms with Gasteiger partial charge in [0.05, 0.1) is 0 Å². The smallest absolute Gasteiger partial charge is 0.324 e. The first-order valence-corrected chi connectivity index (χ1v) is 4.80. The number of hydrogen-bond acceptors (Lipinski definition) is 2. The summed E-state index contributed by atoms with van der Waals surface area (Å²) >= 11 is 0. The number of rotatable bonds is 7. The maximum atomic E-state index is 11.2. The molecule has 4 nitrogen and oxygen atoms in total. The van der Waals surface area contributed by atoms with Crippen LogP contribution >= 0.6 is 0 Å². The zero-order valence-electron chi connectivity index (χ0n) is 8.58. The highest BCUT2D eigenvalue weighted by Gasteiger charge is 2.09. The molecule has 79 valence electrons.